The average molecular weight is 267 g/mol. The van der Waals surface area contributed by atoms with Gasteiger partial charge in [0.05, 0.1) is 12.3 Å². The van der Waals surface area contributed by atoms with Crippen LogP contribution in [0, 0.1) is 0 Å². The highest BCUT2D eigenvalue weighted by molar-refractivity contribution is 7.15. The third kappa shape index (κ3) is 1.90. The molecule has 0 bridgehead atoms. The lowest BCUT2D eigenvalue weighted by Gasteiger charge is -2.31. The van der Waals surface area contributed by atoms with Gasteiger partial charge in [0.25, 0.3) is 0 Å². The van der Waals surface area contributed by atoms with Crippen LogP contribution in [0.1, 0.15) is 18.5 Å². The van der Waals surface area contributed by atoms with Gasteiger partial charge < -0.3 is 14.7 Å². The zero-order chi connectivity index (χ0) is 12.5. The maximum absolute atomic E-state index is 9.56. The highest BCUT2D eigenvalue weighted by Gasteiger charge is 2.23. The number of rotatable bonds is 3. The van der Waals surface area contributed by atoms with Gasteiger partial charge in [0.15, 0.2) is 10.8 Å². The van der Waals surface area contributed by atoms with Gasteiger partial charge in [0.1, 0.15) is 0 Å². The summed E-state index contributed by atoms with van der Waals surface area (Å²) in [6.45, 7) is 1.64. The van der Waals surface area contributed by atoms with Gasteiger partial charge in [-0.15, -0.1) is 11.3 Å². The summed E-state index contributed by atoms with van der Waals surface area (Å²) in [4.78, 5) is 7.75. The number of ether oxygens (including phenoxy) is 1. The molecule has 3 rings (SSSR count). The first-order valence-corrected chi connectivity index (χ1v) is 7.05. The Morgan fingerprint density at radius 2 is 2.33 bits per heavy atom. The monoisotopic (exact) mass is 267 g/mol. The van der Waals surface area contributed by atoms with Crippen molar-refractivity contribution in [3.05, 3.63) is 17.3 Å². The highest BCUT2D eigenvalue weighted by atomic mass is 32.1. The SMILES string of the molecule is CN(c1nc2sccn2c1CO)C1CCOCC1. The number of hydrogen-bond acceptors (Lipinski definition) is 5. The number of aliphatic hydroxyl groups excluding tert-OH is 1. The van der Waals surface area contributed by atoms with E-state index in [-0.39, 0.29) is 6.61 Å². The maximum Gasteiger partial charge on any atom is 0.195 e. The van der Waals surface area contributed by atoms with Crippen LogP contribution in [0.5, 0.6) is 0 Å². The molecule has 2 aromatic heterocycles. The van der Waals surface area contributed by atoms with Gasteiger partial charge in [-0.2, -0.15) is 0 Å². The molecule has 1 aliphatic rings. The van der Waals surface area contributed by atoms with E-state index in [0.717, 1.165) is 42.5 Å². The molecule has 0 atom stereocenters. The van der Waals surface area contributed by atoms with E-state index >= 15 is 0 Å². The van der Waals surface area contributed by atoms with Gasteiger partial charge in [-0.1, -0.05) is 0 Å². The Bertz CT molecular complexity index is 530. The van der Waals surface area contributed by atoms with E-state index in [1.165, 1.54) is 0 Å². The minimum absolute atomic E-state index is 0.0147. The Kier molecular flexibility index (Phi) is 3.23. The van der Waals surface area contributed by atoms with E-state index in [9.17, 15) is 5.11 Å². The quantitative estimate of drug-likeness (QED) is 0.915. The van der Waals surface area contributed by atoms with E-state index in [1.807, 2.05) is 16.0 Å². The van der Waals surface area contributed by atoms with Crippen LogP contribution < -0.4 is 4.90 Å². The second-order valence-electron chi connectivity index (χ2n) is 4.55. The van der Waals surface area contributed by atoms with Crippen LogP contribution in [0.15, 0.2) is 11.6 Å². The number of hydrogen-bond donors (Lipinski definition) is 1. The number of nitrogens with zero attached hydrogens (tertiary/aromatic N) is 3. The van der Waals surface area contributed by atoms with Crippen molar-refractivity contribution in [3.63, 3.8) is 0 Å². The van der Waals surface area contributed by atoms with E-state index < -0.39 is 0 Å². The van der Waals surface area contributed by atoms with Crippen LogP contribution >= 0.6 is 11.3 Å². The lowest BCUT2D eigenvalue weighted by atomic mass is 10.1. The Morgan fingerprint density at radius 3 is 3.06 bits per heavy atom. The largest absolute Gasteiger partial charge is 0.390 e. The van der Waals surface area contributed by atoms with Crippen molar-refractivity contribution in [2.24, 2.45) is 0 Å². The summed E-state index contributed by atoms with van der Waals surface area (Å²) in [5, 5.41) is 11.5. The number of aliphatic hydroxyl groups is 1. The fourth-order valence-corrected chi connectivity index (χ4v) is 3.22. The number of anilines is 1. The Labute approximate surface area is 110 Å². The van der Waals surface area contributed by atoms with E-state index in [1.54, 1.807) is 11.3 Å². The Morgan fingerprint density at radius 1 is 1.56 bits per heavy atom. The van der Waals surface area contributed by atoms with Crippen LogP contribution in [0.4, 0.5) is 5.82 Å². The van der Waals surface area contributed by atoms with Crippen molar-refractivity contribution in [2.75, 3.05) is 25.2 Å². The number of fused-ring (bicyclic) bond motifs is 1. The molecular formula is C12H17N3O2S. The standard InChI is InChI=1S/C12H17N3O2S/c1-14(9-2-5-17-6-3-9)11-10(8-16)15-4-7-18-12(15)13-11/h4,7,9,16H,2-3,5-6,8H2,1H3. The molecular weight excluding hydrogens is 250 g/mol. The molecule has 1 saturated heterocycles. The molecule has 18 heavy (non-hydrogen) atoms. The van der Waals surface area contributed by atoms with Crippen molar-refractivity contribution in [1.29, 1.82) is 0 Å². The van der Waals surface area contributed by atoms with Crippen LogP contribution in [0.3, 0.4) is 0 Å². The summed E-state index contributed by atoms with van der Waals surface area (Å²) in [5.74, 6) is 0.899. The third-order valence-electron chi connectivity index (χ3n) is 3.56. The molecule has 0 aliphatic carbocycles. The second-order valence-corrected chi connectivity index (χ2v) is 5.42. The molecule has 0 aromatic carbocycles. The smallest absolute Gasteiger partial charge is 0.195 e. The molecule has 0 unspecified atom stereocenters. The molecule has 0 saturated carbocycles. The minimum Gasteiger partial charge on any atom is -0.390 e. The van der Waals surface area contributed by atoms with Gasteiger partial charge in [0.2, 0.25) is 0 Å². The summed E-state index contributed by atoms with van der Waals surface area (Å²) in [5.41, 5.74) is 0.875. The number of imidazole rings is 1. The van der Waals surface area contributed by atoms with Crippen LogP contribution in [-0.4, -0.2) is 40.8 Å². The normalized spacial score (nSPS) is 17.4. The molecule has 2 aromatic rings. The summed E-state index contributed by atoms with van der Waals surface area (Å²) >= 11 is 1.59. The van der Waals surface area contributed by atoms with E-state index in [0.29, 0.717) is 6.04 Å². The van der Waals surface area contributed by atoms with Crippen molar-refractivity contribution in [2.45, 2.75) is 25.5 Å². The first-order valence-electron chi connectivity index (χ1n) is 6.17. The zero-order valence-electron chi connectivity index (χ0n) is 10.4. The third-order valence-corrected chi connectivity index (χ3v) is 4.32. The molecule has 1 N–H and O–H groups in total. The maximum atomic E-state index is 9.56. The summed E-state index contributed by atoms with van der Waals surface area (Å²) in [6.07, 6.45) is 4.00. The van der Waals surface area contributed by atoms with Gasteiger partial charge in [-0.25, -0.2) is 4.98 Å². The molecule has 0 amide bonds. The van der Waals surface area contributed by atoms with Gasteiger partial charge >= 0.3 is 0 Å². The first kappa shape index (κ1) is 12.0. The molecule has 0 radical (unpaired) electrons. The summed E-state index contributed by atoms with van der Waals surface area (Å²) < 4.78 is 7.35. The predicted molar refractivity (Wildman–Crippen MR) is 71.2 cm³/mol. The van der Waals surface area contributed by atoms with Crippen LogP contribution in [0.2, 0.25) is 0 Å². The Balaban J connectivity index is 1.94. The van der Waals surface area contributed by atoms with Gasteiger partial charge in [-0.05, 0) is 12.8 Å². The molecule has 3 heterocycles. The lowest BCUT2D eigenvalue weighted by Crippen LogP contribution is -2.37. The van der Waals surface area contributed by atoms with E-state index in [2.05, 4.69) is 16.9 Å². The highest BCUT2D eigenvalue weighted by Crippen LogP contribution is 2.27. The van der Waals surface area contributed by atoms with E-state index in [4.69, 9.17) is 4.74 Å². The first-order chi connectivity index (χ1) is 8.81. The van der Waals surface area contributed by atoms with Gasteiger partial charge in [0, 0.05) is 37.9 Å². The number of aromatic nitrogens is 2. The van der Waals surface area contributed by atoms with Crippen molar-refractivity contribution in [3.8, 4) is 0 Å². The molecule has 0 spiro atoms. The number of thiazole rings is 1. The molecule has 98 valence electrons. The van der Waals surface area contributed by atoms with Crippen LogP contribution in [0.25, 0.3) is 4.96 Å². The summed E-state index contributed by atoms with van der Waals surface area (Å²) in [6, 6.07) is 0.452. The van der Waals surface area contributed by atoms with Crippen molar-refractivity contribution < 1.29 is 9.84 Å². The molecule has 6 heteroatoms. The van der Waals surface area contributed by atoms with Crippen LogP contribution in [-0.2, 0) is 11.3 Å². The Hall–Kier alpha value is -1.11. The van der Waals surface area contributed by atoms with Gasteiger partial charge in [-0.3, -0.25) is 4.40 Å². The molecule has 5 nitrogen and oxygen atoms in total. The molecule has 1 fully saturated rings. The fraction of sp³-hybridized carbons (Fsp3) is 0.583. The van der Waals surface area contributed by atoms with Crippen molar-refractivity contribution in [1.82, 2.24) is 9.38 Å². The fourth-order valence-electron chi connectivity index (χ4n) is 2.50. The second kappa shape index (κ2) is 4.87. The minimum atomic E-state index is 0.0147. The predicted octanol–water partition coefficient (Wildman–Crippen LogP) is 1.50. The average Bonchev–Trinajstić information content (AvgIpc) is 2.98. The van der Waals surface area contributed by atoms with Crippen molar-refractivity contribution >= 4 is 22.1 Å². The summed E-state index contributed by atoms with van der Waals surface area (Å²) in [7, 11) is 2.06. The lowest BCUT2D eigenvalue weighted by molar-refractivity contribution is 0.0853. The zero-order valence-corrected chi connectivity index (χ0v) is 11.2. The topological polar surface area (TPSA) is 50.0 Å². The molecule has 1 aliphatic heterocycles.